The molecule has 0 unspecified atom stereocenters. The van der Waals surface area contributed by atoms with Gasteiger partial charge in [0.2, 0.25) is 5.95 Å². The van der Waals surface area contributed by atoms with Crippen LogP contribution in [0.2, 0.25) is 0 Å². The van der Waals surface area contributed by atoms with Crippen LogP contribution in [-0.4, -0.2) is 42.5 Å². The summed E-state index contributed by atoms with van der Waals surface area (Å²) in [7, 11) is 3.93. The quantitative estimate of drug-likeness (QED) is 0.310. The van der Waals surface area contributed by atoms with Gasteiger partial charge in [-0.2, -0.15) is 4.98 Å². The molecule has 6 nitrogen and oxygen atoms in total. The fourth-order valence-corrected chi connectivity index (χ4v) is 4.58. The zero-order valence-corrected chi connectivity index (χ0v) is 23.0. The Balaban J connectivity index is 0.00000228. The molecule has 1 aromatic heterocycles. The molecule has 0 aliphatic heterocycles. The van der Waals surface area contributed by atoms with Gasteiger partial charge in [0.05, 0.1) is 5.52 Å². The maximum atomic E-state index is 12.7. The molecular formula is C24H29BrCl2F3N5O. The second kappa shape index (κ2) is 13.0. The zero-order chi connectivity index (χ0) is 24.3. The highest BCUT2D eigenvalue weighted by Gasteiger charge is 2.32. The largest absolute Gasteiger partial charge is 0.573 e. The van der Waals surface area contributed by atoms with Crippen LogP contribution in [0.4, 0.5) is 24.9 Å². The molecule has 2 aromatic carbocycles. The van der Waals surface area contributed by atoms with E-state index in [-0.39, 0.29) is 42.6 Å². The van der Waals surface area contributed by atoms with Gasteiger partial charge in [0.15, 0.2) is 0 Å². The summed E-state index contributed by atoms with van der Waals surface area (Å²) in [6, 6.07) is 13.1. The van der Waals surface area contributed by atoms with E-state index in [1.165, 1.54) is 6.07 Å². The second-order valence-corrected chi connectivity index (χ2v) is 9.57. The molecule has 1 heterocycles. The lowest BCUT2D eigenvalue weighted by Crippen LogP contribution is -2.37. The van der Waals surface area contributed by atoms with E-state index in [0.717, 1.165) is 42.4 Å². The first-order chi connectivity index (χ1) is 16.2. The molecule has 12 heteroatoms. The van der Waals surface area contributed by atoms with Gasteiger partial charge in [-0.3, -0.25) is 0 Å². The molecule has 0 bridgehead atoms. The van der Waals surface area contributed by atoms with Crippen LogP contribution in [0.3, 0.4) is 0 Å². The van der Waals surface area contributed by atoms with Crippen LogP contribution in [0, 0.1) is 0 Å². The van der Waals surface area contributed by atoms with Crippen LogP contribution in [0.25, 0.3) is 10.9 Å². The van der Waals surface area contributed by atoms with Gasteiger partial charge in [-0.1, -0.05) is 34.1 Å². The molecule has 1 aliphatic rings. The highest BCUT2D eigenvalue weighted by molar-refractivity contribution is 9.10. The third-order valence-corrected chi connectivity index (χ3v) is 6.40. The van der Waals surface area contributed by atoms with E-state index < -0.39 is 6.36 Å². The number of benzene rings is 2. The molecule has 1 aliphatic carbocycles. The summed E-state index contributed by atoms with van der Waals surface area (Å²) in [5, 5.41) is 7.87. The number of halogens is 6. The molecule has 1 fully saturated rings. The van der Waals surface area contributed by atoms with Gasteiger partial charge in [-0.15, -0.1) is 38.0 Å². The summed E-state index contributed by atoms with van der Waals surface area (Å²) in [6.45, 7) is 0.307. The molecular weight excluding hydrogens is 582 g/mol. The first-order valence-corrected chi connectivity index (χ1v) is 12.0. The summed E-state index contributed by atoms with van der Waals surface area (Å²) in [6.07, 6.45) is -1.10. The molecule has 36 heavy (non-hydrogen) atoms. The average molecular weight is 611 g/mol. The first kappa shape index (κ1) is 30.2. The smallest absolute Gasteiger partial charge is 0.405 e. The number of fused-ring (bicyclic) bond motifs is 1. The number of hydrogen-bond acceptors (Lipinski definition) is 6. The van der Waals surface area contributed by atoms with Gasteiger partial charge in [0, 0.05) is 48.1 Å². The predicted molar refractivity (Wildman–Crippen MR) is 146 cm³/mol. The van der Waals surface area contributed by atoms with Crippen molar-refractivity contribution in [1.29, 1.82) is 0 Å². The van der Waals surface area contributed by atoms with Gasteiger partial charge >= 0.3 is 6.36 Å². The third kappa shape index (κ3) is 7.99. The molecule has 0 atom stereocenters. The summed E-state index contributed by atoms with van der Waals surface area (Å²) in [5.74, 6) is 1.30. The number of hydrogen-bond donors (Lipinski definition) is 2. The Bertz CT molecular complexity index is 1140. The Morgan fingerprint density at radius 3 is 2.33 bits per heavy atom. The van der Waals surface area contributed by atoms with Crippen molar-refractivity contribution in [2.24, 2.45) is 0 Å². The summed E-state index contributed by atoms with van der Waals surface area (Å²) in [5.41, 5.74) is 1.37. The van der Waals surface area contributed by atoms with Crippen molar-refractivity contribution in [1.82, 2.24) is 15.3 Å². The number of rotatable bonds is 7. The van der Waals surface area contributed by atoms with E-state index >= 15 is 0 Å². The predicted octanol–water partition coefficient (Wildman–Crippen LogP) is 6.71. The Morgan fingerprint density at radius 2 is 1.67 bits per heavy atom. The molecule has 2 N–H and O–H groups in total. The lowest BCUT2D eigenvalue weighted by Gasteiger charge is -2.30. The minimum absolute atomic E-state index is 0. The van der Waals surface area contributed by atoms with Crippen molar-refractivity contribution >= 4 is 63.4 Å². The summed E-state index contributed by atoms with van der Waals surface area (Å²) in [4.78, 5) is 11.4. The van der Waals surface area contributed by atoms with Crippen molar-refractivity contribution in [2.75, 3.05) is 24.3 Å². The molecule has 1 saturated carbocycles. The number of anilines is 2. The highest BCUT2D eigenvalue weighted by Crippen LogP contribution is 2.30. The summed E-state index contributed by atoms with van der Waals surface area (Å²) >= 11 is 3.20. The zero-order valence-electron chi connectivity index (χ0n) is 19.8. The van der Waals surface area contributed by atoms with Crippen molar-refractivity contribution in [3.8, 4) is 5.75 Å². The number of nitrogens with one attached hydrogen (secondary N) is 2. The second-order valence-electron chi connectivity index (χ2n) is 8.66. The normalized spacial score (nSPS) is 17.6. The van der Waals surface area contributed by atoms with Crippen molar-refractivity contribution in [3.63, 3.8) is 0 Å². The Morgan fingerprint density at radius 1 is 1.00 bits per heavy atom. The first-order valence-electron chi connectivity index (χ1n) is 11.2. The Hall–Kier alpha value is -2.01. The van der Waals surface area contributed by atoms with Crippen LogP contribution in [0.15, 0.2) is 46.9 Å². The van der Waals surface area contributed by atoms with E-state index in [1.807, 2.05) is 43.3 Å². The fraction of sp³-hybridized carbons (Fsp3) is 0.417. The van der Waals surface area contributed by atoms with E-state index in [0.29, 0.717) is 22.5 Å². The molecule has 0 spiro atoms. The van der Waals surface area contributed by atoms with E-state index in [2.05, 4.69) is 36.3 Å². The van der Waals surface area contributed by atoms with E-state index in [1.54, 1.807) is 12.1 Å². The number of ether oxygens (including phenoxy) is 1. The molecule has 0 amide bonds. The van der Waals surface area contributed by atoms with Gasteiger partial charge in [-0.05, 0) is 49.9 Å². The summed E-state index contributed by atoms with van der Waals surface area (Å²) < 4.78 is 43.0. The van der Waals surface area contributed by atoms with Crippen LogP contribution >= 0.6 is 40.7 Å². The van der Waals surface area contributed by atoms with Crippen molar-refractivity contribution in [3.05, 3.63) is 52.5 Å². The number of aromatic nitrogens is 2. The van der Waals surface area contributed by atoms with Gasteiger partial charge in [0.25, 0.3) is 0 Å². The fourth-order valence-electron chi connectivity index (χ4n) is 4.24. The maximum Gasteiger partial charge on any atom is 0.573 e. The van der Waals surface area contributed by atoms with Gasteiger partial charge in [0.1, 0.15) is 11.6 Å². The number of alkyl halides is 3. The molecule has 198 valence electrons. The molecule has 3 aromatic rings. The Labute approximate surface area is 229 Å². The van der Waals surface area contributed by atoms with E-state index in [4.69, 9.17) is 4.98 Å². The van der Waals surface area contributed by atoms with Crippen LogP contribution < -0.4 is 20.3 Å². The van der Waals surface area contributed by atoms with Gasteiger partial charge in [-0.25, -0.2) is 4.98 Å². The SMILES string of the molecule is CN(C)c1nc(N[C@H]2CC[C@@H](NCc3ccc(Br)cc3OC(F)(F)F)CC2)nc2ccccc12.Cl.Cl. The van der Waals surface area contributed by atoms with Crippen molar-refractivity contribution in [2.45, 2.75) is 50.7 Å². The van der Waals surface area contributed by atoms with Crippen LogP contribution in [-0.2, 0) is 6.54 Å². The van der Waals surface area contributed by atoms with Crippen LogP contribution in [0.1, 0.15) is 31.2 Å². The minimum Gasteiger partial charge on any atom is -0.405 e. The standard InChI is InChI=1S/C24H27BrF3N5O.2ClH/c1-33(2)22-19-5-3-4-6-20(19)31-23(32-22)30-18-11-9-17(10-12-18)29-14-15-7-8-16(25)13-21(15)34-24(26,27)28;;/h3-8,13,17-18,29H,9-12,14H2,1-2H3,(H,30,31,32);2*1H/t17-,18+;;. The molecule has 4 rings (SSSR count). The topological polar surface area (TPSA) is 62.3 Å². The maximum absolute atomic E-state index is 12.7. The number of nitrogens with zero attached hydrogens (tertiary/aromatic N) is 3. The minimum atomic E-state index is -4.73. The molecule has 0 saturated heterocycles. The highest BCUT2D eigenvalue weighted by atomic mass is 79.9. The van der Waals surface area contributed by atoms with Crippen LogP contribution in [0.5, 0.6) is 5.75 Å². The average Bonchev–Trinajstić information content (AvgIpc) is 2.78. The Kier molecular flexibility index (Phi) is 10.9. The lowest BCUT2D eigenvalue weighted by atomic mass is 9.91. The third-order valence-electron chi connectivity index (χ3n) is 5.90. The van der Waals surface area contributed by atoms with Gasteiger partial charge < -0.3 is 20.3 Å². The monoisotopic (exact) mass is 609 g/mol. The number of para-hydroxylation sites is 1. The van der Waals surface area contributed by atoms with E-state index in [9.17, 15) is 13.2 Å². The lowest BCUT2D eigenvalue weighted by molar-refractivity contribution is -0.274. The molecule has 0 radical (unpaired) electrons. The van der Waals surface area contributed by atoms with Crippen molar-refractivity contribution < 1.29 is 17.9 Å².